The molecule has 3 N–H and O–H groups in total. The van der Waals surface area contributed by atoms with Crippen LogP contribution < -0.4 is 21.2 Å². The van der Waals surface area contributed by atoms with Crippen LogP contribution in [0.1, 0.15) is 40.8 Å². The van der Waals surface area contributed by atoms with E-state index in [4.69, 9.17) is 13.9 Å². The number of rotatable bonds is 8. The summed E-state index contributed by atoms with van der Waals surface area (Å²) in [6.07, 6.45) is -1.27. The van der Waals surface area contributed by atoms with E-state index in [1.54, 1.807) is 13.8 Å². The van der Waals surface area contributed by atoms with Gasteiger partial charge in [0.15, 0.2) is 17.4 Å². The van der Waals surface area contributed by atoms with E-state index in [2.05, 4.69) is 65.3 Å². The molecule has 43 heavy (non-hydrogen) atoms. The maximum Gasteiger partial charge on any atom is 0.280 e. The van der Waals surface area contributed by atoms with Gasteiger partial charge in [-0.2, -0.15) is 4.98 Å². The summed E-state index contributed by atoms with van der Waals surface area (Å²) in [4.78, 5) is 36.3. The first-order chi connectivity index (χ1) is 20.5. The maximum atomic E-state index is 12.8. The van der Waals surface area contributed by atoms with Gasteiger partial charge in [-0.1, -0.05) is 95.3 Å². The van der Waals surface area contributed by atoms with Crippen molar-refractivity contribution in [3.63, 3.8) is 0 Å². The molecule has 2 aromatic heterocycles. The third-order valence-electron chi connectivity index (χ3n) is 8.41. The van der Waals surface area contributed by atoms with Crippen LogP contribution in [0.15, 0.2) is 71.8 Å². The molecule has 12 heteroatoms. The number of carbonyl (C=O) groups is 1. The van der Waals surface area contributed by atoms with Crippen LogP contribution in [0.5, 0.6) is 0 Å². The summed E-state index contributed by atoms with van der Waals surface area (Å²) in [5, 5.41) is 16.1. The van der Waals surface area contributed by atoms with Crippen LogP contribution in [0.4, 0.5) is 5.95 Å². The number of aliphatic hydroxyl groups excluding tert-OH is 1. The van der Waals surface area contributed by atoms with Gasteiger partial charge in [0, 0.05) is 5.92 Å². The van der Waals surface area contributed by atoms with Crippen LogP contribution in [0, 0.1) is 5.92 Å². The Morgan fingerprint density at radius 2 is 1.79 bits per heavy atom. The number of benzene rings is 2. The second-order valence-electron chi connectivity index (χ2n) is 12.6. The van der Waals surface area contributed by atoms with Crippen LogP contribution in [-0.4, -0.2) is 69.9 Å². The molecule has 2 aliphatic rings. The van der Waals surface area contributed by atoms with Crippen LogP contribution in [0.2, 0.25) is 5.04 Å². The van der Waals surface area contributed by atoms with Crippen molar-refractivity contribution in [2.75, 3.05) is 18.5 Å². The minimum absolute atomic E-state index is 0.00520. The van der Waals surface area contributed by atoms with Crippen molar-refractivity contribution in [1.29, 1.82) is 0 Å². The first kappa shape index (κ1) is 29.4. The van der Waals surface area contributed by atoms with Gasteiger partial charge < -0.3 is 19.0 Å². The highest BCUT2D eigenvalue weighted by molar-refractivity contribution is 6.99. The quantitative estimate of drug-likeness (QED) is 0.261. The lowest BCUT2D eigenvalue weighted by Crippen LogP contribution is -2.70. The number of imidazole rings is 1. The van der Waals surface area contributed by atoms with Gasteiger partial charge in [0.1, 0.15) is 17.8 Å². The molecule has 2 fully saturated rings. The lowest BCUT2D eigenvalue weighted by molar-refractivity contribution is -0.244. The molecule has 2 aliphatic heterocycles. The average molecular weight is 604 g/mol. The van der Waals surface area contributed by atoms with Crippen molar-refractivity contribution >= 4 is 41.7 Å². The number of hydrogen-bond donors (Lipinski definition) is 3. The van der Waals surface area contributed by atoms with Crippen LogP contribution >= 0.6 is 0 Å². The van der Waals surface area contributed by atoms with E-state index in [1.807, 2.05) is 36.4 Å². The van der Waals surface area contributed by atoms with Gasteiger partial charge in [0.2, 0.25) is 11.9 Å². The predicted molar refractivity (Wildman–Crippen MR) is 164 cm³/mol. The number of ether oxygens (including phenoxy) is 2. The van der Waals surface area contributed by atoms with E-state index in [1.165, 1.54) is 10.9 Å². The Labute approximate surface area is 250 Å². The SMILES string of the molecule is CC(C)C(=O)Nc1nc2c(ncn2[C@@H]2O[C@@]3(CO[Si](c4ccccc4)(c4ccccc4)C(C)(C)C)CO[C@H]3[C@H]2O)c(=O)[nH]1. The van der Waals surface area contributed by atoms with E-state index in [9.17, 15) is 14.7 Å². The molecule has 6 rings (SSSR count). The van der Waals surface area contributed by atoms with Gasteiger partial charge in [-0.3, -0.25) is 24.5 Å². The summed E-state index contributed by atoms with van der Waals surface area (Å²) in [6, 6.07) is 20.6. The monoisotopic (exact) mass is 603 g/mol. The molecule has 4 aromatic rings. The molecule has 0 radical (unpaired) electrons. The van der Waals surface area contributed by atoms with Gasteiger partial charge in [0.05, 0.1) is 19.5 Å². The molecule has 2 aromatic carbocycles. The first-order valence-electron chi connectivity index (χ1n) is 14.5. The second kappa shape index (κ2) is 10.8. The average Bonchev–Trinajstić information content (AvgIpc) is 3.46. The topological polar surface area (TPSA) is 141 Å². The fourth-order valence-electron chi connectivity index (χ4n) is 6.14. The minimum Gasteiger partial charge on any atom is -0.404 e. The Kier molecular flexibility index (Phi) is 7.38. The van der Waals surface area contributed by atoms with Crippen LogP contribution in [0.3, 0.4) is 0 Å². The highest BCUT2D eigenvalue weighted by Gasteiger charge is 2.64. The molecule has 2 saturated heterocycles. The summed E-state index contributed by atoms with van der Waals surface area (Å²) in [7, 11) is -2.89. The van der Waals surface area contributed by atoms with E-state index >= 15 is 0 Å². The number of fused-ring (bicyclic) bond motifs is 2. The number of nitrogens with zero attached hydrogens (tertiary/aromatic N) is 3. The zero-order valence-electron chi connectivity index (χ0n) is 24.9. The molecular weight excluding hydrogens is 566 g/mol. The third kappa shape index (κ3) is 4.83. The number of nitrogens with one attached hydrogen (secondary N) is 2. The number of carbonyl (C=O) groups excluding carboxylic acids is 1. The molecule has 0 unspecified atom stereocenters. The largest absolute Gasteiger partial charge is 0.404 e. The zero-order chi connectivity index (χ0) is 30.6. The van der Waals surface area contributed by atoms with Crippen LogP contribution in [0.25, 0.3) is 11.2 Å². The van der Waals surface area contributed by atoms with Crippen molar-refractivity contribution in [2.45, 2.75) is 63.7 Å². The zero-order valence-corrected chi connectivity index (χ0v) is 25.9. The number of aromatic amines is 1. The Bertz CT molecular complexity index is 1650. The fraction of sp³-hybridized carbons (Fsp3) is 0.419. The Morgan fingerprint density at radius 3 is 2.33 bits per heavy atom. The number of aromatic nitrogens is 4. The van der Waals surface area contributed by atoms with Crippen molar-refractivity contribution in [1.82, 2.24) is 19.5 Å². The van der Waals surface area contributed by atoms with Gasteiger partial charge in [-0.05, 0) is 15.4 Å². The van der Waals surface area contributed by atoms with Gasteiger partial charge in [-0.15, -0.1) is 0 Å². The van der Waals surface area contributed by atoms with Crippen molar-refractivity contribution < 1.29 is 23.8 Å². The molecule has 4 atom stereocenters. The van der Waals surface area contributed by atoms with E-state index < -0.39 is 37.9 Å². The molecule has 4 heterocycles. The Balaban J connectivity index is 1.35. The second-order valence-corrected chi connectivity index (χ2v) is 16.9. The summed E-state index contributed by atoms with van der Waals surface area (Å²) < 4.78 is 21.2. The third-order valence-corrected chi connectivity index (χ3v) is 13.4. The van der Waals surface area contributed by atoms with E-state index in [0.29, 0.717) is 0 Å². The summed E-state index contributed by atoms with van der Waals surface area (Å²) in [5.74, 6) is -0.611. The number of hydrogen-bond acceptors (Lipinski definition) is 8. The first-order valence-corrected chi connectivity index (χ1v) is 16.4. The Hall–Kier alpha value is -3.68. The minimum atomic E-state index is -2.89. The molecular formula is C31H37N5O6Si. The lowest BCUT2D eigenvalue weighted by atomic mass is 9.91. The fourth-order valence-corrected chi connectivity index (χ4v) is 10.8. The van der Waals surface area contributed by atoms with Gasteiger partial charge >= 0.3 is 0 Å². The van der Waals surface area contributed by atoms with Crippen molar-refractivity contribution in [3.05, 3.63) is 77.3 Å². The standard InChI is InChI=1S/C31H37N5O6Si/c1-19(2)26(38)34-29-33-25-22(27(39)35-29)32-18-36(25)28-23(37)24-31(42-28,16-40-24)17-41-43(30(3,4)5,20-12-8-6-9-13-20)21-14-10-7-11-15-21/h6-15,18-19,23-24,28,37H,16-17H2,1-5H3,(H2,33,34,35,38,39)/t23-,24+,28-,31-/m1/s1. The van der Waals surface area contributed by atoms with Gasteiger partial charge in [0.25, 0.3) is 13.9 Å². The molecule has 0 spiro atoms. The smallest absolute Gasteiger partial charge is 0.280 e. The highest BCUT2D eigenvalue weighted by Crippen LogP contribution is 2.47. The molecule has 0 bridgehead atoms. The number of aliphatic hydroxyl groups is 1. The molecule has 0 saturated carbocycles. The molecule has 11 nitrogen and oxygen atoms in total. The normalized spacial score (nSPS) is 23.7. The van der Waals surface area contributed by atoms with Gasteiger partial charge in [-0.25, -0.2) is 4.98 Å². The van der Waals surface area contributed by atoms with Crippen LogP contribution in [-0.2, 0) is 18.7 Å². The Morgan fingerprint density at radius 1 is 1.16 bits per heavy atom. The number of anilines is 1. The summed E-state index contributed by atoms with van der Waals surface area (Å²) in [6.45, 7) is 10.5. The maximum absolute atomic E-state index is 12.8. The van der Waals surface area contributed by atoms with Crippen molar-refractivity contribution in [2.24, 2.45) is 5.92 Å². The lowest BCUT2D eigenvalue weighted by Gasteiger charge is -2.48. The van der Waals surface area contributed by atoms with E-state index in [0.717, 1.165) is 10.4 Å². The van der Waals surface area contributed by atoms with Crippen molar-refractivity contribution in [3.8, 4) is 0 Å². The molecule has 0 aliphatic carbocycles. The highest BCUT2D eigenvalue weighted by atomic mass is 28.4. The number of H-pyrrole nitrogens is 1. The van der Waals surface area contributed by atoms with E-state index in [-0.39, 0.29) is 47.2 Å². The summed E-state index contributed by atoms with van der Waals surface area (Å²) in [5.41, 5.74) is -1.20. The predicted octanol–water partition coefficient (Wildman–Crippen LogP) is 2.32. The molecule has 1 amide bonds. The molecule has 226 valence electrons. The number of amides is 1. The summed E-state index contributed by atoms with van der Waals surface area (Å²) >= 11 is 0.